The van der Waals surface area contributed by atoms with Gasteiger partial charge in [0.2, 0.25) is 0 Å². The second-order valence-corrected chi connectivity index (χ2v) is 15.3. The van der Waals surface area contributed by atoms with Crippen molar-refractivity contribution in [2.45, 2.75) is 71.8 Å². The first-order valence-electron chi connectivity index (χ1n) is 13.3. The molecule has 0 aliphatic rings. The SMILES string of the molecule is CCC(O[Si](c1ccccc1)(c1ccccc1)C(C)(C)C)C(C)C(OCc1ccccc1)C(C)CO. The first-order chi connectivity index (χ1) is 17.2. The maximum absolute atomic E-state index is 10.1. The molecule has 1 N–H and O–H groups in total. The summed E-state index contributed by atoms with van der Waals surface area (Å²) in [5.41, 5.74) is 1.14. The molecule has 0 heterocycles. The summed E-state index contributed by atoms with van der Waals surface area (Å²) >= 11 is 0. The summed E-state index contributed by atoms with van der Waals surface area (Å²) < 4.78 is 14.0. The van der Waals surface area contributed by atoms with Crippen LogP contribution in [0.3, 0.4) is 0 Å². The first-order valence-corrected chi connectivity index (χ1v) is 15.2. The summed E-state index contributed by atoms with van der Waals surface area (Å²) in [6.45, 7) is 14.1. The van der Waals surface area contributed by atoms with E-state index in [1.54, 1.807) is 0 Å². The second kappa shape index (κ2) is 12.8. The van der Waals surface area contributed by atoms with Crippen molar-refractivity contribution >= 4 is 18.7 Å². The lowest BCUT2D eigenvalue weighted by molar-refractivity contribution is -0.0714. The minimum Gasteiger partial charge on any atom is -0.404 e. The molecule has 0 spiro atoms. The molecule has 194 valence electrons. The number of aliphatic hydroxyl groups excluding tert-OH is 1. The van der Waals surface area contributed by atoms with Gasteiger partial charge in [0.15, 0.2) is 0 Å². The Labute approximate surface area is 219 Å². The van der Waals surface area contributed by atoms with Gasteiger partial charge in [0.25, 0.3) is 8.32 Å². The van der Waals surface area contributed by atoms with Crippen molar-refractivity contribution in [1.82, 2.24) is 0 Å². The molecule has 3 nitrogen and oxygen atoms in total. The van der Waals surface area contributed by atoms with E-state index in [2.05, 4.69) is 114 Å². The van der Waals surface area contributed by atoms with Crippen LogP contribution in [0.5, 0.6) is 0 Å². The molecule has 0 aliphatic carbocycles. The highest BCUT2D eigenvalue weighted by atomic mass is 28.4. The van der Waals surface area contributed by atoms with Crippen LogP contribution < -0.4 is 10.4 Å². The topological polar surface area (TPSA) is 38.7 Å². The normalized spacial score (nSPS) is 15.8. The Balaban J connectivity index is 2.01. The smallest absolute Gasteiger partial charge is 0.261 e. The quantitative estimate of drug-likeness (QED) is 0.299. The highest BCUT2D eigenvalue weighted by molar-refractivity contribution is 6.99. The largest absolute Gasteiger partial charge is 0.404 e. The molecule has 0 amide bonds. The van der Waals surface area contributed by atoms with E-state index in [-0.39, 0.29) is 35.7 Å². The van der Waals surface area contributed by atoms with Crippen LogP contribution in [0.4, 0.5) is 0 Å². The van der Waals surface area contributed by atoms with E-state index in [0.29, 0.717) is 6.61 Å². The Kier molecular flexibility index (Phi) is 10.1. The zero-order chi connectivity index (χ0) is 26.2. The number of hydrogen-bond acceptors (Lipinski definition) is 3. The predicted octanol–water partition coefficient (Wildman–Crippen LogP) is 6.19. The molecule has 0 saturated heterocycles. The van der Waals surface area contributed by atoms with Gasteiger partial charge in [-0.2, -0.15) is 0 Å². The molecule has 4 unspecified atom stereocenters. The van der Waals surface area contributed by atoms with Gasteiger partial charge < -0.3 is 14.3 Å². The molecule has 3 aromatic rings. The van der Waals surface area contributed by atoms with Crippen molar-refractivity contribution in [2.24, 2.45) is 11.8 Å². The fourth-order valence-electron chi connectivity index (χ4n) is 5.40. The lowest BCUT2D eigenvalue weighted by atomic mass is 9.88. The lowest BCUT2D eigenvalue weighted by Crippen LogP contribution is -2.68. The van der Waals surface area contributed by atoms with Crippen molar-refractivity contribution in [2.75, 3.05) is 6.61 Å². The van der Waals surface area contributed by atoms with Gasteiger partial charge in [0.1, 0.15) is 0 Å². The van der Waals surface area contributed by atoms with Gasteiger partial charge in [-0.05, 0) is 27.4 Å². The van der Waals surface area contributed by atoms with E-state index < -0.39 is 8.32 Å². The van der Waals surface area contributed by atoms with E-state index in [0.717, 1.165) is 12.0 Å². The molecule has 0 saturated carbocycles. The Morgan fingerprint density at radius 3 is 1.67 bits per heavy atom. The van der Waals surface area contributed by atoms with Crippen LogP contribution >= 0.6 is 0 Å². The minimum absolute atomic E-state index is 0.000478. The molecule has 0 aliphatic heterocycles. The number of rotatable bonds is 12. The summed E-state index contributed by atoms with van der Waals surface area (Å²) in [7, 11) is -2.69. The highest BCUT2D eigenvalue weighted by Gasteiger charge is 2.52. The third-order valence-corrected chi connectivity index (χ3v) is 12.4. The Morgan fingerprint density at radius 2 is 1.25 bits per heavy atom. The molecule has 0 aromatic heterocycles. The summed E-state index contributed by atoms with van der Waals surface area (Å²) in [6, 6.07) is 31.9. The number of ether oxygens (including phenoxy) is 1. The third-order valence-electron chi connectivity index (χ3n) is 7.39. The molecule has 4 atom stereocenters. The van der Waals surface area contributed by atoms with Crippen LogP contribution in [0.25, 0.3) is 0 Å². The zero-order valence-electron chi connectivity index (χ0n) is 22.9. The fourth-order valence-corrected chi connectivity index (χ4v) is 10.2. The van der Waals surface area contributed by atoms with Gasteiger partial charge >= 0.3 is 0 Å². The molecule has 36 heavy (non-hydrogen) atoms. The van der Waals surface area contributed by atoms with E-state index in [1.807, 2.05) is 18.2 Å². The van der Waals surface area contributed by atoms with Crippen LogP contribution in [0, 0.1) is 11.8 Å². The fraction of sp³-hybridized carbons (Fsp3) is 0.438. The van der Waals surface area contributed by atoms with Crippen LogP contribution in [0.1, 0.15) is 53.5 Å². The number of benzene rings is 3. The summed E-state index contributed by atoms with van der Waals surface area (Å²) in [5, 5.41) is 12.6. The molecule has 0 fully saturated rings. The zero-order valence-corrected chi connectivity index (χ0v) is 23.9. The molecular formula is C32H44O3Si. The van der Waals surface area contributed by atoms with E-state index in [4.69, 9.17) is 9.16 Å². The van der Waals surface area contributed by atoms with Gasteiger partial charge in [-0.3, -0.25) is 0 Å². The third kappa shape index (κ3) is 6.35. The van der Waals surface area contributed by atoms with Gasteiger partial charge in [0, 0.05) is 18.4 Å². The van der Waals surface area contributed by atoms with Gasteiger partial charge in [-0.15, -0.1) is 0 Å². The van der Waals surface area contributed by atoms with Crippen LogP contribution in [-0.4, -0.2) is 32.2 Å². The van der Waals surface area contributed by atoms with Crippen molar-refractivity contribution in [3.63, 3.8) is 0 Å². The molecule has 3 aromatic carbocycles. The van der Waals surface area contributed by atoms with E-state index >= 15 is 0 Å². The Morgan fingerprint density at radius 1 is 0.778 bits per heavy atom. The van der Waals surface area contributed by atoms with Crippen molar-refractivity contribution in [3.05, 3.63) is 96.6 Å². The number of aliphatic hydroxyl groups is 1. The Hall–Kier alpha value is -2.24. The predicted molar refractivity (Wildman–Crippen MR) is 153 cm³/mol. The average molecular weight is 505 g/mol. The van der Waals surface area contributed by atoms with E-state index in [9.17, 15) is 5.11 Å². The van der Waals surface area contributed by atoms with Crippen LogP contribution in [-0.2, 0) is 15.8 Å². The summed E-state index contributed by atoms with van der Waals surface area (Å²) in [5.74, 6) is 0.100. The maximum atomic E-state index is 10.1. The minimum atomic E-state index is -2.69. The summed E-state index contributed by atoms with van der Waals surface area (Å²) in [6.07, 6.45) is 0.721. The highest BCUT2D eigenvalue weighted by Crippen LogP contribution is 2.39. The maximum Gasteiger partial charge on any atom is 0.261 e. The van der Waals surface area contributed by atoms with Crippen LogP contribution in [0.2, 0.25) is 5.04 Å². The standard InChI is InChI=1S/C32H44O3Si/c1-7-30(26(3)31(25(2)23-33)34-24-27-17-11-8-12-18-27)35-36(32(4,5)6,28-19-13-9-14-20-28)29-21-15-10-16-22-29/h8-22,25-26,30-31,33H,7,23-24H2,1-6H3. The first kappa shape index (κ1) is 28.3. The Bertz CT molecular complexity index is 978. The average Bonchev–Trinajstić information content (AvgIpc) is 2.90. The van der Waals surface area contributed by atoms with Crippen molar-refractivity contribution in [1.29, 1.82) is 0 Å². The van der Waals surface area contributed by atoms with Crippen molar-refractivity contribution in [3.8, 4) is 0 Å². The van der Waals surface area contributed by atoms with Gasteiger partial charge in [0.05, 0.1) is 18.8 Å². The molecule has 0 bridgehead atoms. The molecular weight excluding hydrogens is 460 g/mol. The summed E-state index contributed by atoms with van der Waals surface area (Å²) in [4.78, 5) is 0. The molecule has 4 heteroatoms. The molecule has 0 radical (unpaired) electrons. The number of hydrogen-bond donors (Lipinski definition) is 1. The van der Waals surface area contributed by atoms with E-state index in [1.165, 1.54) is 10.4 Å². The van der Waals surface area contributed by atoms with Crippen LogP contribution in [0.15, 0.2) is 91.0 Å². The monoisotopic (exact) mass is 504 g/mol. The molecule has 3 rings (SSSR count). The van der Waals surface area contributed by atoms with Crippen molar-refractivity contribution < 1.29 is 14.3 Å². The van der Waals surface area contributed by atoms with Gasteiger partial charge in [-0.25, -0.2) is 0 Å². The lowest BCUT2D eigenvalue weighted by Gasteiger charge is -2.47. The van der Waals surface area contributed by atoms with Gasteiger partial charge in [-0.1, -0.05) is 133 Å². The second-order valence-electron chi connectivity index (χ2n) is 11.0.